The van der Waals surface area contributed by atoms with E-state index in [-0.39, 0.29) is 23.5 Å². The van der Waals surface area contributed by atoms with E-state index in [2.05, 4.69) is 21.2 Å². The van der Waals surface area contributed by atoms with Crippen molar-refractivity contribution in [3.8, 4) is 0 Å². The van der Waals surface area contributed by atoms with Crippen LogP contribution in [0.1, 0.15) is 17.7 Å². The topological polar surface area (TPSA) is 62.5 Å². The highest BCUT2D eigenvalue weighted by molar-refractivity contribution is 9.10. The smallest absolute Gasteiger partial charge is 0.405 e. The number of nitrogens with one attached hydrogen (secondary N) is 1. The van der Waals surface area contributed by atoms with Crippen LogP contribution in [0.5, 0.6) is 0 Å². The molecule has 0 aliphatic heterocycles. The number of furan rings is 1. The van der Waals surface area contributed by atoms with Gasteiger partial charge in [0.1, 0.15) is 11.3 Å². The average Bonchev–Trinajstić information content (AvgIpc) is 2.67. The van der Waals surface area contributed by atoms with Crippen LogP contribution >= 0.6 is 15.9 Å². The number of carboxylic acid groups (broad SMARTS) is 1. The Bertz CT molecular complexity index is 597. The summed E-state index contributed by atoms with van der Waals surface area (Å²) in [4.78, 5) is 10.3. The van der Waals surface area contributed by atoms with E-state index in [1.54, 1.807) is 6.07 Å². The van der Waals surface area contributed by atoms with Gasteiger partial charge in [0.2, 0.25) is 0 Å². The Hall–Kier alpha value is -1.63. The third-order valence-electron chi connectivity index (χ3n) is 2.31. The molecule has 0 spiro atoms. The van der Waals surface area contributed by atoms with Gasteiger partial charge in [-0.15, -0.1) is 0 Å². The van der Waals surface area contributed by atoms with Gasteiger partial charge in [0, 0.05) is 9.86 Å². The van der Waals surface area contributed by atoms with E-state index >= 15 is 0 Å². The lowest BCUT2D eigenvalue weighted by molar-refractivity contribution is 0.151. The number of benzene rings is 1. The molecule has 1 amide bonds. The van der Waals surface area contributed by atoms with E-state index in [1.165, 1.54) is 12.1 Å². The zero-order chi connectivity index (χ0) is 13.3. The maximum Gasteiger partial charge on any atom is 0.405 e. The molecule has 0 saturated heterocycles. The van der Waals surface area contributed by atoms with Crippen molar-refractivity contribution in [1.29, 1.82) is 0 Å². The fourth-order valence-corrected chi connectivity index (χ4v) is 2.10. The van der Waals surface area contributed by atoms with Gasteiger partial charge in [-0.2, -0.15) is 0 Å². The van der Waals surface area contributed by atoms with E-state index < -0.39 is 12.5 Å². The van der Waals surface area contributed by atoms with E-state index in [0.29, 0.717) is 9.86 Å². The van der Waals surface area contributed by atoms with Gasteiger partial charge >= 0.3 is 6.09 Å². The first kappa shape index (κ1) is 12.8. The molecule has 4 nitrogen and oxygen atoms in total. The second kappa shape index (κ2) is 4.93. The van der Waals surface area contributed by atoms with Crippen LogP contribution < -0.4 is 5.32 Å². The average molecular weight is 320 g/mol. The summed E-state index contributed by atoms with van der Waals surface area (Å²) in [5.41, 5.74) is -0.142. The summed E-state index contributed by atoms with van der Waals surface area (Å²) in [5.74, 6) is 0.285. The lowest BCUT2D eigenvalue weighted by atomic mass is 10.1. The molecule has 2 aromatic rings. The normalized spacial score (nSPS) is 11.1. The minimum Gasteiger partial charge on any atom is -0.465 e. The molecule has 7 heteroatoms. The van der Waals surface area contributed by atoms with Crippen LogP contribution in [-0.2, 0) is 6.54 Å². The maximum atomic E-state index is 12.8. The molecule has 0 bridgehead atoms. The van der Waals surface area contributed by atoms with Crippen LogP contribution in [0, 0.1) is 0 Å². The van der Waals surface area contributed by atoms with Crippen LogP contribution in [0.25, 0.3) is 11.0 Å². The number of hydrogen-bond acceptors (Lipinski definition) is 2. The minimum absolute atomic E-state index is 0.0652. The largest absolute Gasteiger partial charge is 0.465 e. The quantitative estimate of drug-likeness (QED) is 0.901. The molecule has 1 aromatic carbocycles. The standard InChI is InChI=1S/C11H8BrF2NO3/c12-6-1-5-2-7(4-15-11(16)17)18-9(5)8(3-6)10(13)14/h1-3,10,15H,4H2,(H,16,17). The lowest BCUT2D eigenvalue weighted by Crippen LogP contribution is -2.19. The maximum absolute atomic E-state index is 12.8. The Morgan fingerprint density at radius 2 is 2.17 bits per heavy atom. The first-order valence-corrected chi connectivity index (χ1v) is 5.73. The van der Waals surface area contributed by atoms with Crippen molar-refractivity contribution in [2.75, 3.05) is 0 Å². The van der Waals surface area contributed by atoms with Crippen LogP contribution in [0.3, 0.4) is 0 Å². The van der Waals surface area contributed by atoms with E-state index in [4.69, 9.17) is 9.52 Å². The SMILES string of the molecule is O=C(O)NCc1cc2cc(Br)cc(C(F)F)c2o1. The van der Waals surface area contributed by atoms with Gasteiger partial charge in [-0.05, 0) is 18.2 Å². The Labute approximate surface area is 109 Å². The number of hydrogen-bond donors (Lipinski definition) is 2. The van der Waals surface area contributed by atoms with Crippen molar-refractivity contribution >= 4 is 33.0 Å². The molecule has 2 N–H and O–H groups in total. The number of rotatable bonds is 3. The van der Waals surface area contributed by atoms with Crippen LogP contribution in [0.15, 0.2) is 27.1 Å². The fourth-order valence-electron chi connectivity index (χ4n) is 1.61. The molecule has 0 radical (unpaired) electrons. The fraction of sp³-hybridized carbons (Fsp3) is 0.182. The summed E-state index contributed by atoms with van der Waals surface area (Å²) in [6.45, 7) is -0.0652. The van der Waals surface area contributed by atoms with E-state index in [0.717, 1.165) is 0 Å². The summed E-state index contributed by atoms with van der Waals surface area (Å²) in [6, 6.07) is 4.45. The highest BCUT2D eigenvalue weighted by Gasteiger charge is 2.17. The molecule has 2 rings (SSSR count). The predicted octanol–water partition coefficient (Wildman–Crippen LogP) is 3.90. The van der Waals surface area contributed by atoms with Crippen molar-refractivity contribution in [2.24, 2.45) is 0 Å². The van der Waals surface area contributed by atoms with Gasteiger partial charge < -0.3 is 14.8 Å². The second-order valence-corrected chi connectivity index (χ2v) is 4.50. The molecule has 0 unspecified atom stereocenters. The number of carbonyl (C=O) groups is 1. The van der Waals surface area contributed by atoms with Crippen molar-refractivity contribution in [3.05, 3.63) is 34.0 Å². The highest BCUT2D eigenvalue weighted by Crippen LogP contribution is 2.33. The number of halogens is 3. The van der Waals surface area contributed by atoms with Gasteiger partial charge in [0.15, 0.2) is 0 Å². The number of fused-ring (bicyclic) bond motifs is 1. The molecule has 1 heterocycles. The van der Waals surface area contributed by atoms with Gasteiger partial charge in [-0.25, -0.2) is 13.6 Å². The van der Waals surface area contributed by atoms with Crippen molar-refractivity contribution in [1.82, 2.24) is 5.32 Å². The van der Waals surface area contributed by atoms with Gasteiger partial charge in [0.05, 0.1) is 12.1 Å². The molecule has 0 atom stereocenters. The summed E-state index contributed by atoms with van der Waals surface area (Å²) < 4.78 is 31.4. The molecule has 1 aromatic heterocycles. The summed E-state index contributed by atoms with van der Waals surface area (Å²) in [7, 11) is 0. The first-order chi connectivity index (χ1) is 8.47. The van der Waals surface area contributed by atoms with Gasteiger partial charge in [-0.3, -0.25) is 0 Å². The van der Waals surface area contributed by atoms with Gasteiger partial charge in [-0.1, -0.05) is 15.9 Å². The highest BCUT2D eigenvalue weighted by atomic mass is 79.9. The molecule has 96 valence electrons. The van der Waals surface area contributed by atoms with Crippen LogP contribution in [0.2, 0.25) is 0 Å². The minimum atomic E-state index is -2.66. The zero-order valence-corrected chi connectivity index (χ0v) is 10.5. The number of alkyl halides is 2. The summed E-state index contributed by atoms with van der Waals surface area (Å²) in [5, 5.41) is 11.1. The van der Waals surface area contributed by atoms with Crippen LogP contribution in [-0.4, -0.2) is 11.2 Å². The summed E-state index contributed by atoms with van der Waals surface area (Å²) in [6.07, 6.45) is -3.86. The molecular formula is C11H8BrF2NO3. The molecule has 18 heavy (non-hydrogen) atoms. The second-order valence-electron chi connectivity index (χ2n) is 3.59. The Balaban J connectivity index is 2.43. The predicted molar refractivity (Wildman–Crippen MR) is 63.7 cm³/mol. The van der Waals surface area contributed by atoms with Crippen LogP contribution in [0.4, 0.5) is 13.6 Å². The van der Waals surface area contributed by atoms with Crippen molar-refractivity contribution in [3.63, 3.8) is 0 Å². The van der Waals surface area contributed by atoms with E-state index in [1.807, 2.05) is 0 Å². The molecule has 0 aliphatic rings. The Kier molecular flexibility index (Phi) is 3.51. The monoisotopic (exact) mass is 319 g/mol. The lowest BCUT2D eigenvalue weighted by Gasteiger charge is -2.01. The Morgan fingerprint density at radius 1 is 1.44 bits per heavy atom. The number of amides is 1. The summed E-state index contributed by atoms with van der Waals surface area (Å²) >= 11 is 3.14. The first-order valence-electron chi connectivity index (χ1n) is 4.94. The van der Waals surface area contributed by atoms with E-state index in [9.17, 15) is 13.6 Å². The molecule has 0 aliphatic carbocycles. The third kappa shape index (κ3) is 2.61. The third-order valence-corrected chi connectivity index (χ3v) is 2.77. The molecular weight excluding hydrogens is 312 g/mol. The van der Waals surface area contributed by atoms with Crippen molar-refractivity contribution in [2.45, 2.75) is 13.0 Å². The molecule has 0 fully saturated rings. The zero-order valence-electron chi connectivity index (χ0n) is 8.91. The van der Waals surface area contributed by atoms with Crippen molar-refractivity contribution < 1.29 is 23.1 Å². The Morgan fingerprint density at radius 3 is 2.78 bits per heavy atom. The van der Waals surface area contributed by atoms with Gasteiger partial charge in [0.25, 0.3) is 6.43 Å². The molecule has 0 saturated carbocycles.